The number of alkyl halides is 3. The smallest absolute Gasteiger partial charge is 0.429 e. The van der Waals surface area contributed by atoms with Crippen molar-refractivity contribution in [1.82, 2.24) is 35.3 Å². The van der Waals surface area contributed by atoms with E-state index in [0.717, 1.165) is 25.9 Å². The Kier molecular flexibility index (Phi) is 10.5. The number of hydrogen-bond donors (Lipinski definition) is 3. The summed E-state index contributed by atoms with van der Waals surface area (Å²) in [5, 5.41) is 11.0. The molecule has 54 heavy (non-hydrogen) atoms. The third kappa shape index (κ3) is 7.99. The summed E-state index contributed by atoms with van der Waals surface area (Å²) in [5.74, 6) is -0.495. The largest absolute Gasteiger partial charge is 0.465 e. The lowest BCUT2D eigenvalue weighted by Crippen LogP contribution is -2.46. The molecule has 0 unspecified atom stereocenters. The van der Waals surface area contributed by atoms with Gasteiger partial charge in [0.25, 0.3) is 5.91 Å². The summed E-state index contributed by atoms with van der Waals surface area (Å²) in [6.45, 7) is 8.36. The van der Waals surface area contributed by atoms with Gasteiger partial charge in [-0.15, -0.1) is 0 Å². The first-order valence-corrected chi connectivity index (χ1v) is 18.2. The Balaban J connectivity index is 1.13. The molecule has 2 atom stereocenters. The number of aromatic nitrogens is 4. The molecule has 3 aliphatic heterocycles. The average Bonchev–Trinajstić information content (AvgIpc) is 3.80. The first-order valence-electron chi connectivity index (χ1n) is 18.2. The number of esters is 1. The third-order valence-corrected chi connectivity index (χ3v) is 10.5. The lowest BCUT2D eigenvalue weighted by Gasteiger charge is -2.39. The van der Waals surface area contributed by atoms with Gasteiger partial charge < -0.3 is 35.6 Å². The molecule has 3 aliphatic rings. The van der Waals surface area contributed by atoms with Crippen LogP contribution in [0.4, 0.5) is 24.9 Å². The summed E-state index contributed by atoms with van der Waals surface area (Å²) < 4.78 is 57.4. The Morgan fingerprint density at radius 3 is 2.39 bits per heavy atom. The van der Waals surface area contributed by atoms with E-state index in [1.807, 2.05) is 4.90 Å². The quantitative estimate of drug-likeness (QED) is 0.208. The summed E-state index contributed by atoms with van der Waals surface area (Å²) in [7, 11) is 0. The fourth-order valence-electron chi connectivity index (χ4n) is 7.55. The second-order valence-corrected chi connectivity index (χ2v) is 14.1. The lowest BCUT2D eigenvalue weighted by atomic mass is 9.76. The molecule has 5 heterocycles. The highest BCUT2D eigenvalue weighted by Gasteiger charge is 2.46. The van der Waals surface area contributed by atoms with Crippen molar-refractivity contribution in [3.63, 3.8) is 0 Å². The number of nitrogens with zero attached hydrogens (tertiary/aromatic N) is 6. The zero-order chi connectivity index (χ0) is 38.0. The molecule has 1 amide bonds. The number of carbonyl (C=O) groups excluding carboxylic acids is 2. The first kappa shape index (κ1) is 37.1. The molecular formula is C38H44F3N9O4. The number of hydrogen-bond acceptors (Lipinski definition) is 11. The van der Waals surface area contributed by atoms with Gasteiger partial charge >= 0.3 is 12.1 Å². The predicted molar refractivity (Wildman–Crippen MR) is 195 cm³/mol. The number of carbonyl (C=O) groups is 2. The van der Waals surface area contributed by atoms with Crippen LogP contribution in [0.1, 0.15) is 53.9 Å². The van der Waals surface area contributed by atoms with Crippen LogP contribution in [0.3, 0.4) is 0 Å². The Morgan fingerprint density at radius 2 is 1.72 bits per heavy atom. The van der Waals surface area contributed by atoms with E-state index in [1.165, 1.54) is 16.8 Å². The van der Waals surface area contributed by atoms with Crippen LogP contribution in [-0.2, 0) is 9.53 Å². The van der Waals surface area contributed by atoms with Crippen molar-refractivity contribution in [3.05, 3.63) is 77.6 Å². The number of benzene rings is 2. The number of nitrogen functional groups attached to an aromatic ring is 1. The summed E-state index contributed by atoms with van der Waals surface area (Å²) in [5.41, 5.74) is 8.45. The van der Waals surface area contributed by atoms with Crippen LogP contribution in [0.2, 0.25) is 0 Å². The number of piperazine rings is 1. The molecule has 4 aromatic rings. The van der Waals surface area contributed by atoms with Crippen LogP contribution in [-0.4, -0.2) is 101 Å². The van der Waals surface area contributed by atoms with Crippen LogP contribution in [0, 0.1) is 12.3 Å². The van der Waals surface area contributed by atoms with E-state index in [0.29, 0.717) is 74.0 Å². The molecule has 7 rings (SSSR count). The van der Waals surface area contributed by atoms with Gasteiger partial charge in [0.2, 0.25) is 17.9 Å². The van der Waals surface area contributed by atoms with E-state index in [4.69, 9.17) is 15.2 Å². The van der Waals surface area contributed by atoms with Gasteiger partial charge in [0.1, 0.15) is 11.9 Å². The topological polar surface area (TPSA) is 153 Å². The summed E-state index contributed by atoms with van der Waals surface area (Å²) in [6, 6.07) is 14.4. The number of rotatable bonds is 9. The molecule has 2 aromatic heterocycles. The number of aryl methyl sites for hydroxylation is 1. The standard InChI is InChI=1S/C38H44F3N9O4/c1-3-53-35(52)29-22-37(23-44-29)11-16-48(17-12-37)31-21-32(46-36(42)45-31)54-33(38(39,40)41)28-9-8-27(20-30(28)50-15-10-24(2)47-50)25-4-6-26(7-5-25)34(51)49-18-13-43-14-19-49/h4-10,15,20-21,29,33,43-44H,3,11-14,16-19,22-23H2,1-2H3,(H2,42,45,46)/t29-,33+/m0/s1. The molecule has 16 heteroatoms. The molecule has 286 valence electrons. The molecule has 0 radical (unpaired) electrons. The maximum absolute atomic E-state index is 15.0. The van der Waals surface area contributed by atoms with Gasteiger partial charge in [0, 0.05) is 69.2 Å². The molecule has 0 aliphatic carbocycles. The van der Waals surface area contributed by atoms with Crippen molar-refractivity contribution < 1.29 is 32.2 Å². The van der Waals surface area contributed by atoms with Gasteiger partial charge in [0.15, 0.2) is 0 Å². The van der Waals surface area contributed by atoms with Crippen molar-refractivity contribution in [2.45, 2.75) is 51.4 Å². The Morgan fingerprint density at radius 1 is 1.00 bits per heavy atom. The normalized spacial score (nSPS) is 19.2. The Labute approximate surface area is 311 Å². The molecule has 13 nitrogen and oxygen atoms in total. The minimum atomic E-state index is -4.85. The molecule has 3 saturated heterocycles. The molecule has 3 fully saturated rings. The lowest BCUT2D eigenvalue weighted by molar-refractivity contribution is -0.198. The van der Waals surface area contributed by atoms with E-state index in [-0.39, 0.29) is 46.4 Å². The van der Waals surface area contributed by atoms with Crippen LogP contribution >= 0.6 is 0 Å². The van der Waals surface area contributed by atoms with Gasteiger partial charge in [-0.3, -0.25) is 9.59 Å². The minimum absolute atomic E-state index is 0.0655. The zero-order valence-corrected chi connectivity index (χ0v) is 30.2. The van der Waals surface area contributed by atoms with Gasteiger partial charge in [-0.05, 0) is 73.9 Å². The Bertz CT molecular complexity index is 1970. The SMILES string of the molecule is CCOC(=O)[C@@H]1CC2(CCN(c3cc(O[C@H](c4ccc(-c5ccc(C(=O)N6CCNCC6)cc5)cc4-n4ccc(C)n4)C(F)(F)F)nc(N)n3)CC2)CN1. The monoisotopic (exact) mass is 747 g/mol. The second-order valence-electron chi connectivity index (χ2n) is 14.1. The molecular weight excluding hydrogens is 703 g/mol. The highest BCUT2D eigenvalue weighted by molar-refractivity contribution is 5.94. The van der Waals surface area contributed by atoms with E-state index in [1.54, 1.807) is 67.4 Å². The van der Waals surface area contributed by atoms with Gasteiger partial charge in [-0.2, -0.15) is 28.2 Å². The average molecular weight is 748 g/mol. The third-order valence-electron chi connectivity index (χ3n) is 10.5. The summed E-state index contributed by atoms with van der Waals surface area (Å²) in [6.07, 6.45) is -3.54. The maximum Gasteiger partial charge on any atom is 0.429 e. The predicted octanol–water partition coefficient (Wildman–Crippen LogP) is 4.46. The zero-order valence-electron chi connectivity index (χ0n) is 30.2. The molecule has 0 saturated carbocycles. The fourth-order valence-corrected chi connectivity index (χ4v) is 7.55. The number of amides is 1. The van der Waals surface area contributed by atoms with Crippen molar-refractivity contribution in [1.29, 1.82) is 0 Å². The van der Waals surface area contributed by atoms with Crippen molar-refractivity contribution in [2.75, 3.05) is 63.1 Å². The van der Waals surface area contributed by atoms with E-state index >= 15 is 13.2 Å². The molecule has 4 N–H and O–H groups in total. The van der Waals surface area contributed by atoms with Crippen LogP contribution in [0.5, 0.6) is 5.88 Å². The summed E-state index contributed by atoms with van der Waals surface area (Å²) in [4.78, 5) is 37.5. The van der Waals surface area contributed by atoms with Crippen molar-refractivity contribution >= 4 is 23.6 Å². The molecule has 2 aromatic carbocycles. The highest BCUT2D eigenvalue weighted by atomic mass is 19.4. The number of nitrogens with one attached hydrogen (secondary N) is 2. The van der Waals surface area contributed by atoms with Crippen LogP contribution < -0.4 is 26.0 Å². The van der Waals surface area contributed by atoms with E-state index in [2.05, 4.69) is 25.7 Å². The van der Waals surface area contributed by atoms with Gasteiger partial charge in [0.05, 0.1) is 18.0 Å². The molecule has 0 bridgehead atoms. The van der Waals surface area contributed by atoms with E-state index in [9.17, 15) is 9.59 Å². The van der Waals surface area contributed by atoms with Gasteiger partial charge in [-0.1, -0.05) is 24.3 Å². The second kappa shape index (κ2) is 15.3. The highest BCUT2D eigenvalue weighted by Crippen LogP contribution is 2.43. The Hall–Kier alpha value is -5.22. The number of ether oxygens (including phenoxy) is 2. The number of halogens is 3. The summed E-state index contributed by atoms with van der Waals surface area (Å²) >= 11 is 0. The van der Waals surface area contributed by atoms with Crippen LogP contribution in [0.15, 0.2) is 60.8 Å². The minimum Gasteiger partial charge on any atom is -0.465 e. The first-order chi connectivity index (χ1) is 25.9. The number of piperidine rings is 1. The van der Waals surface area contributed by atoms with E-state index < -0.39 is 12.3 Å². The number of anilines is 2. The van der Waals surface area contributed by atoms with Crippen molar-refractivity contribution in [3.8, 4) is 22.7 Å². The van der Waals surface area contributed by atoms with Gasteiger partial charge in [-0.25, -0.2) is 4.68 Å². The maximum atomic E-state index is 15.0. The molecule has 1 spiro atoms. The fraction of sp³-hybridized carbons (Fsp3) is 0.447. The van der Waals surface area contributed by atoms with Crippen LogP contribution in [0.25, 0.3) is 16.8 Å². The number of nitrogens with two attached hydrogens (primary N) is 1. The van der Waals surface area contributed by atoms with Crippen molar-refractivity contribution in [2.24, 2.45) is 5.41 Å².